The minimum absolute atomic E-state index is 0.119. The first-order valence-electron chi connectivity index (χ1n) is 7.49. The second-order valence-electron chi connectivity index (χ2n) is 6.19. The van der Waals surface area contributed by atoms with E-state index >= 15 is 0 Å². The molecule has 24 heavy (non-hydrogen) atoms. The summed E-state index contributed by atoms with van der Waals surface area (Å²) in [6.45, 7) is 0. The number of benzene rings is 1. The van der Waals surface area contributed by atoms with Crippen molar-refractivity contribution >= 4 is 29.1 Å². The van der Waals surface area contributed by atoms with Gasteiger partial charge in [-0.05, 0) is 12.1 Å². The fourth-order valence-corrected chi connectivity index (χ4v) is 3.89. The molecule has 3 aliphatic heterocycles. The summed E-state index contributed by atoms with van der Waals surface area (Å²) >= 11 is 0. The molecule has 2 saturated heterocycles. The van der Waals surface area contributed by atoms with E-state index in [0.717, 1.165) is 4.90 Å². The summed E-state index contributed by atoms with van der Waals surface area (Å²) in [5, 5.41) is 10.7. The van der Waals surface area contributed by atoms with Gasteiger partial charge >= 0.3 is 0 Å². The van der Waals surface area contributed by atoms with E-state index in [9.17, 15) is 24.5 Å². The number of nitro benzene ring substituents is 1. The fraction of sp³-hybridized carbons (Fsp3) is 0.312. The van der Waals surface area contributed by atoms with E-state index in [2.05, 4.69) is 0 Å². The molecule has 0 spiro atoms. The minimum atomic E-state index is -0.689. The van der Waals surface area contributed by atoms with E-state index in [0.29, 0.717) is 5.69 Å². The van der Waals surface area contributed by atoms with Crippen LogP contribution in [0.3, 0.4) is 0 Å². The Bertz CT molecular complexity index is 816. The van der Waals surface area contributed by atoms with Crippen molar-refractivity contribution in [1.82, 2.24) is 4.90 Å². The number of hydrogen-bond acceptors (Lipinski definition) is 5. The lowest BCUT2D eigenvalue weighted by atomic mass is 9.70. The molecule has 0 N–H and O–H groups in total. The number of nitro groups is 1. The van der Waals surface area contributed by atoms with Gasteiger partial charge in [-0.3, -0.25) is 24.5 Å². The van der Waals surface area contributed by atoms with Crippen LogP contribution in [0.1, 0.15) is 0 Å². The van der Waals surface area contributed by atoms with Gasteiger partial charge in [-0.15, -0.1) is 0 Å². The number of carbonyl (C=O) groups excluding carboxylic acids is 3. The number of carbonyl (C=O) groups is 3. The van der Waals surface area contributed by atoms with Gasteiger partial charge in [0.15, 0.2) is 0 Å². The van der Waals surface area contributed by atoms with Gasteiger partial charge in [0.1, 0.15) is 0 Å². The fourth-order valence-electron chi connectivity index (χ4n) is 3.89. The number of rotatable bonds is 2. The first-order chi connectivity index (χ1) is 11.4. The van der Waals surface area contributed by atoms with Crippen molar-refractivity contribution in [3.05, 3.63) is 46.5 Å². The summed E-state index contributed by atoms with van der Waals surface area (Å²) in [6.07, 6.45) is 3.51. The van der Waals surface area contributed by atoms with Gasteiger partial charge < -0.3 is 4.90 Å². The predicted molar refractivity (Wildman–Crippen MR) is 81.8 cm³/mol. The van der Waals surface area contributed by atoms with Crippen LogP contribution in [-0.2, 0) is 14.4 Å². The van der Waals surface area contributed by atoms with Gasteiger partial charge in [0.25, 0.3) is 5.69 Å². The maximum atomic E-state index is 12.8. The highest BCUT2D eigenvalue weighted by molar-refractivity contribution is 6.24. The zero-order chi connectivity index (χ0) is 17.2. The van der Waals surface area contributed by atoms with Crippen molar-refractivity contribution < 1.29 is 19.3 Å². The summed E-state index contributed by atoms with van der Waals surface area (Å²) < 4.78 is 0. The maximum Gasteiger partial charge on any atom is 0.269 e. The van der Waals surface area contributed by atoms with Gasteiger partial charge in [-0.1, -0.05) is 12.2 Å². The van der Waals surface area contributed by atoms with E-state index in [1.807, 2.05) is 0 Å². The van der Waals surface area contributed by atoms with Crippen molar-refractivity contribution in [2.24, 2.45) is 17.8 Å². The Morgan fingerprint density at radius 2 is 1.58 bits per heavy atom. The second kappa shape index (κ2) is 4.73. The molecule has 0 saturated carbocycles. The molecule has 0 radical (unpaired) electrons. The number of amides is 3. The molecule has 8 heteroatoms. The third-order valence-electron chi connectivity index (χ3n) is 5.07. The summed E-state index contributed by atoms with van der Waals surface area (Å²) in [4.78, 5) is 50.6. The molecule has 1 aromatic rings. The monoisotopic (exact) mass is 327 g/mol. The molecule has 122 valence electrons. The molecule has 4 atom stereocenters. The Morgan fingerprint density at radius 1 is 0.958 bits per heavy atom. The standard InChI is InChI=1S/C16H13N3O5/c1-17-11-7-6-10(14(17)20)12-13(11)16(22)18(15(12)21)8-2-4-9(5-3-8)19(23)24/h2-7,10-13H,1H3. The van der Waals surface area contributed by atoms with Gasteiger partial charge in [0.2, 0.25) is 17.7 Å². The third-order valence-corrected chi connectivity index (χ3v) is 5.07. The molecule has 4 unspecified atom stereocenters. The van der Waals surface area contributed by atoms with Crippen LogP contribution >= 0.6 is 0 Å². The first-order valence-corrected chi connectivity index (χ1v) is 7.49. The number of non-ortho nitro benzene ring substituents is 1. The Kier molecular flexibility index (Phi) is 2.87. The third kappa shape index (κ3) is 1.70. The largest absolute Gasteiger partial charge is 0.338 e. The molecular formula is C16H13N3O5. The minimum Gasteiger partial charge on any atom is -0.338 e. The molecule has 1 aliphatic carbocycles. The molecule has 8 nitrogen and oxygen atoms in total. The van der Waals surface area contributed by atoms with Crippen molar-refractivity contribution in [3.63, 3.8) is 0 Å². The summed E-state index contributed by atoms with van der Waals surface area (Å²) in [5.74, 6) is -2.84. The highest BCUT2D eigenvalue weighted by Gasteiger charge is 2.61. The van der Waals surface area contributed by atoms with E-state index in [-0.39, 0.29) is 17.5 Å². The van der Waals surface area contributed by atoms with E-state index in [4.69, 9.17) is 0 Å². The van der Waals surface area contributed by atoms with Crippen LogP contribution in [0.2, 0.25) is 0 Å². The normalized spacial score (nSPS) is 31.0. The zero-order valence-electron chi connectivity index (χ0n) is 12.7. The lowest BCUT2D eigenvalue weighted by molar-refractivity contribution is -0.384. The number of anilines is 1. The van der Waals surface area contributed by atoms with Crippen LogP contribution in [0, 0.1) is 27.9 Å². The Labute approximate surface area is 136 Å². The smallest absolute Gasteiger partial charge is 0.269 e. The zero-order valence-corrected chi connectivity index (χ0v) is 12.7. The van der Waals surface area contributed by atoms with Crippen LogP contribution < -0.4 is 4.90 Å². The van der Waals surface area contributed by atoms with Gasteiger partial charge in [0.05, 0.1) is 34.4 Å². The number of piperidine rings is 1. The summed E-state index contributed by atoms with van der Waals surface area (Å²) in [6, 6.07) is 4.84. The topological polar surface area (TPSA) is 101 Å². The van der Waals surface area contributed by atoms with E-state index in [1.165, 1.54) is 29.2 Å². The number of imide groups is 1. The molecule has 3 heterocycles. The van der Waals surface area contributed by atoms with Gasteiger partial charge in [-0.2, -0.15) is 0 Å². The molecule has 5 rings (SSSR count). The Balaban J connectivity index is 1.73. The Morgan fingerprint density at radius 3 is 2.21 bits per heavy atom. The second-order valence-corrected chi connectivity index (χ2v) is 6.19. The quantitative estimate of drug-likeness (QED) is 0.345. The number of nitrogens with zero attached hydrogens (tertiary/aromatic N) is 3. The number of hydrogen-bond donors (Lipinski definition) is 0. The predicted octanol–water partition coefficient (Wildman–Crippen LogP) is 0.727. The van der Waals surface area contributed by atoms with E-state index < -0.39 is 34.6 Å². The molecule has 2 bridgehead atoms. The SMILES string of the molecule is CN1C(=O)C2C=CC1C1C(=O)N(c3ccc([N+](=O)[O-])cc3)C(=O)C21. The molecular weight excluding hydrogens is 314 g/mol. The molecule has 2 fully saturated rings. The molecule has 4 aliphatic rings. The first kappa shape index (κ1) is 14.6. The van der Waals surface area contributed by atoms with Gasteiger partial charge in [0, 0.05) is 19.2 Å². The summed E-state index contributed by atoms with van der Waals surface area (Å²) in [5.41, 5.74) is 0.173. The van der Waals surface area contributed by atoms with Crippen LogP contribution in [0.25, 0.3) is 0 Å². The van der Waals surface area contributed by atoms with Crippen molar-refractivity contribution in [3.8, 4) is 0 Å². The van der Waals surface area contributed by atoms with Crippen molar-refractivity contribution in [2.75, 3.05) is 11.9 Å². The van der Waals surface area contributed by atoms with Gasteiger partial charge in [-0.25, -0.2) is 4.90 Å². The van der Waals surface area contributed by atoms with Crippen LogP contribution in [-0.4, -0.2) is 40.6 Å². The van der Waals surface area contributed by atoms with Crippen LogP contribution in [0.15, 0.2) is 36.4 Å². The van der Waals surface area contributed by atoms with Crippen molar-refractivity contribution in [2.45, 2.75) is 6.04 Å². The van der Waals surface area contributed by atoms with Crippen LogP contribution in [0.5, 0.6) is 0 Å². The molecule has 3 amide bonds. The number of likely N-dealkylation sites (N-methyl/N-ethyl adjacent to an activating group) is 1. The maximum absolute atomic E-state index is 12.8. The Hall–Kier alpha value is -3.03. The number of fused-ring (bicyclic) bond motifs is 1. The lowest BCUT2D eigenvalue weighted by Crippen LogP contribution is -2.57. The highest BCUT2D eigenvalue weighted by atomic mass is 16.6. The van der Waals surface area contributed by atoms with Crippen molar-refractivity contribution in [1.29, 1.82) is 0 Å². The summed E-state index contributed by atoms with van der Waals surface area (Å²) in [7, 11) is 1.63. The average molecular weight is 327 g/mol. The van der Waals surface area contributed by atoms with Crippen LogP contribution in [0.4, 0.5) is 11.4 Å². The molecule has 1 aromatic carbocycles. The average Bonchev–Trinajstić information content (AvgIpc) is 2.84. The highest BCUT2D eigenvalue weighted by Crippen LogP contribution is 2.46. The molecule has 0 aromatic heterocycles. The lowest BCUT2D eigenvalue weighted by Gasteiger charge is -2.44. The van der Waals surface area contributed by atoms with E-state index in [1.54, 1.807) is 19.2 Å².